The fourth-order valence-electron chi connectivity index (χ4n) is 9.12. The average Bonchev–Trinajstić information content (AvgIpc) is 3.69. The van der Waals surface area contributed by atoms with E-state index in [1.807, 2.05) is 0 Å². The molecule has 10 aromatic carbocycles. The molecule has 2 nitrogen and oxygen atoms in total. The van der Waals surface area contributed by atoms with Crippen LogP contribution in [0, 0.1) is 0 Å². The van der Waals surface area contributed by atoms with Crippen LogP contribution < -0.4 is 4.90 Å². The van der Waals surface area contributed by atoms with Gasteiger partial charge in [-0.2, -0.15) is 0 Å². The van der Waals surface area contributed by atoms with E-state index in [1.54, 1.807) is 0 Å². The van der Waals surface area contributed by atoms with Crippen LogP contribution in [-0.2, 0) is 0 Å². The molecule has 0 unspecified atom stereocenters. The first kappa shape index (κ1) is 36.8. The highest BCUT2D eigenvalue weighted by Crippen LogP contribution is 2.45. The summed E-state index contributed by atoms with van der Waals surface area (Å²) in [5, 5.41) is 2.43. The molecule has 0 aliphatic rings. The maximum atomic E-state index is 2.47. The summed E-state index contributed by atoms with van der Waals surface area (Å²) in [4.78, 5) is 2.40. The number of hydrogen-bond donors (Lipinski definition) is 0. The van der Waals surface area contributed by atoms with Crippen LogP contribution in [0.3, 0.4) is 0 Å². The normalized spacial score (nSPS) is 11.2. The Kier molecular flexibility index (Phi) is 9.57. The number of para-hydroxylation sites is 2. The highest BCUT2D eigenvalue weighted by atomic mass is 15.1. The van der Waals surface area contributed by atoms with Crippen LogP contribution in [0.15, 0.2) is 255 Å². The second kappa shape index (κ2) is 16.1. The van der Waals surface area contributed by atoms with E-state index in [9.17, 15) is 0 Å². The zero-order valence-corrected chi connectivity index (χ0v) is 34.1. The van der Waals surface area contributed by atoms with Crippen LogP contribution in [0.5, 0.6) is 0 Å². The van der Waals surface area contributed by atoms with Crippen molar-refractivity contribution in [2.45, 2.75) is 0 Å². The van der Waals surface area contributed by atoms with Crippen molar-refractivity contribution >= 4 is 38.9 Å². The minimum atomic E-state index is 1.08. The number of nitrogens with zero attached hydrogens (tertiary/aromatic N) is 2. The first-order valence-electron chi connectivity index (χ1n) is 21.3. The van der Waals surface area contributed by atoms with E-state index in [0.29, 0.717) is 0 Å². The summed E-state index contributed by atoms with van der Waals surface area (Å²) in [7, 11) is 0. The number of fused-ring (bicyclic) bond motifs is 3. The second-order valence-electron chi connectivity index (χ2n) is 15.7. The highest BCUT2D eigenvalue weighted by Gasteiger charge is 2.21. The number of benzene rings is 10. The molecule has 0 atom stereocenters. The first-order valence-corrected chi connectivity index (χ1v) is 21.3. The van der Waals surface area contributed by atoms with Gasteiger partial charge in [0.1, 0.15) is 0 Å². The van der Waals surface area contributed by atoms with E-state index in [0.717, 1.165) is 28.3 Å². The van der Waals surface area contributed by atoms with Crippen molar-refractivity contribution in [1.29, 1.82) is 0 Å². The summed E-state index contributed by atoms with van der Waals surface area (Å²) in [5.74, 6) is 0. The van der Waals surface area contributed by atoms with Crippen molar-refractivity contribution < 1.29 is 0 Å². The molecule has 62 heavy (non-hydrogen) atoms. The van der Waals surface area contributed by atoms with E-state index in [-0.39, 0.29) is 0 Å². The molecule has 0 bridgehead atoms. The number of anilines is 3. The van der Waals surface area contributed by atoms with Crippen molar-refractivity contribution in [3.05, 3.63) is 255 Å². The van der Waals surface area contributed by atoms with Gasteiger partial charge in [0.2, 0.25) is 0 Å². The van der Waals surface area contributed by atoms with Crippen LogP contribution in [-0.4, -0.2) is 4.57 Å². The summed E-state index contributed by atoms with van der Waals surface area (Å²) in [6.45, 7) is 0. The van der Waals surface area contributed by atoms with Gasteiger partial charge in [-0.1, -0.05) is 200 Å². The molecule has 0 aliphatic carbocycles. The van der Waals surface area contributed by atoms with Gasteiger partial charge in [-0.05, 0) is 105 Å². The molecule has 0 saturated carbocycles. The number of hydrogen-bond acceptors (Lipinski definition) is 1. The summed E-state index contributed by atoms with van der Waals surface area (Å²) < 4.78 is 2.47. The lowest BCUT2D eigenvalue weighted by molar-refractivity contribution is 1.18. The van der Waals surface area contributed by atoms with Crippen LogP contribution in [0.25, 0.3) is 83.1 Å². The Bertz CT molecular complexity index is 3320. The van der Waals surface area contributed by atoms with Gasteiger partial charge < -0.3 is 9.47 Å². The Labute approximate surface area is 362 Å². The maximum absolute atomic E-state index is 2.47. The Morgan fingerprint density at radius 1 is 0.242 bits per heavy atom. The standard InChI is InChI=1S/C60H42N2/c1-6-20-43(21-7-1)47-34-39-59(57(40-47)46-26-12-4-13-27-46)62-58-33-19-18-32-54(58)55-38-36-50(42-60(55)62)61(48-28-14-5-15-29-48)49-35-37-53(56(41-49)45-24-10-3-11-25-45)52-31-17-16-30-51(52)44-22-8-2-9-23-44/h1-42H. The minimum absolute atomic E-state index is 1.08. The monoisotopic (exact) mass is 790 g/mol. The maximum Gasteiger partial charge on any atom is 0.0562 e. The second-order valence-corrected chi connectivity index (χ2v) is 15.7. The third-order valence-corrected chi connectivity index (χ3v) is 12.0. The molecular weight excluding hydrogens is 749 g/mol. The largest absolute Gasteiger partial charge is 0.310 e. The van der Waals surface area contributed by atoms with Gasteiger partial charge in [-0.3, -0.25) is 0 Å². The molecule has 0 radical (unpaired) electrons. The molecule has 0 N–H and O–H groups in total. The zero-order valence-electron chi connectivity index (χ0n) is 34.1. The van der Waals surface area contributed by atoms with Crippen molar-refractivity contribution in [3.8, 4) is 61.3 Å². The third-order valence-electron chi connectivity index (χ3n) is 12.0. The topological polar surface area (TPSA) is 8.17 Å². The third kappa shape index (κ3) is 6.74. The van der Waals surface area contributed by atoms with Crippen LogP contribution in [0.2, 0.25) is 0 Å². The van der Waals surface area contributed by atoms with E-state index in [4.69, 9.17) is 0 Å². The van der Waals surface area contributed by atoms with Gasteiger partial charge in [0.25, 0.3) is 0 Å². The minimum Gasteiger partial charge on any atom is -0.310 e. The predicted octanol–water partition coefficient (Wildman–Crippen LogP) is 16.6. The number of rotatable bonds is 9. The molecule has 0 amide bonds. The van der Waals surface area contributed by atoms with Gasteiger partial charge in [-0.25, -0.2) is 0 Å². The van der Waals surface area contributed by atoms with E-state index in [1.165, 1.54) is 71.9 Å². The molecule has 292 valence electrons. The Morgan fingerprint density at radius 2 is 0.726 bits per heavy atom. The average molecular weight is 791 g/mol. The van der Waals surface area contributed by atoms with E-state index < -0.39 is 0 Å². The predicted molar refractivity (Wildman–Crippen MR) is 263 cm³/mol. The summed E-state index contributed by atoms with van der Waals surface area (Å²) in [5.41, 5.74) is 18.6. The van der Waals surface area contributed by atoms with E-state index in [2.05, 4.69) is 264 Å². The SMILES string of the molecule is c1ccc(-c2ccc(-n3c4ccccc4c4ccc(N(c5ccccc5)c5ccc(-c6ccccc6-c6ccccc6)c(-c6ccccc6)c5)cc43)c(-c3ccccc3)c2)cc1. The van der Waals surface area contributed by atoms with E-state index >= 15 is 0 Å². The molecule has 0 saturated heterocycles. The van der Waals surface area contributed by atoms with Crippen molar-refractivity contribution in [2.24, 2.45) is 0 Å². The quantitative estimate of drug-likeness (QED) is 0.141. The molecule has 0 fully saturated rings. The molecule has 1 heterocycles. The lowest BCUT2D eigenvalue weighted by Gasteiger charge is -2.27. The number of aromatic nitrogens is 1. The van der Waals surface area contributed by atoms with Gasteiger partial charge >= 0.3 is 0 Å². The summed E-state index contributed by atoms with van der Waals surface area (Å²) in [6.07, 6.45) is 0. The summed E-state index contributed by atoms with van der Waals surface area (Å²) in [6, 6.07) is 92.1. The Balaban J connectivity index is 1.13. The summed E-state index contributed by atoms with van der Waals surface area (Å²) >= 11 is 0. The molecular formula is C60H42N2. The smallest absolute Gasteiger partial charge is 0.0562 e. The highest BCUT2D eigenvalue weighted by molar-refractivity contribution is 6.11. The zero-order chi connectivity index (χ0) is 41.2. The van der Waals surface area contributed by atoms with Crippen molar-refractivity contribution in [2.75, 3.05) is 4.90 Å². The Hall–Kier alpha value is -8.20. The fraction of sp³-hybridized carbons (Fsp3) is 0. The molecule has 0 spiro atoms. The van der Waals surface area contributed by atoms with Crippen molar-refractivity contribution in [3.63, 3.8) is 0 Å². The van der Waals surface area contributed by atoms with Crippen LogP contribution in [0.4, 0.5) is 17.1 Å². The molecule has 11 aromatic rings. The van der Waals surface area contributed by atoms with Gasteiger partial charge in [0.15, 0.2) is 0 Å². The lowest BCUT2D eigenvalue weighted by atomic mass is 9.89. The first-order chi connectivity index (χ1) is 30.8. The van der Waals surface area contributed by atoms with Crippen LogP contribution >= 0.6 is 0 Å². The lowest BCUT2D eigenvalue weighted by Crippen LogP contribution is -2.10. The Morgan fingerprint density at radius 3 is 1.40 bits per heavy atom. The fourth-order valence-corrected chi connectivity index (χ4v) is 9.12. The van der Waals surface area contributed by atoms with Crippen LogP contribution in [0.1, 0.15) is 0 Å². The molecule has 11 rings (SSSR count). The van der Waals surface area contributed by atoms with Gasteiger partial charge in [0, 0.05) is 33.4 Å². The van der Waals surface area contributed by atoms with Gasteiger partial charge in [-0.15, -0.1) is 0 Å². The van der Waals surface area contributed by atoms with Gasteiger partial charge in [0.05, 0.1) is 16.7 Å². The molecule has 0 aliphatic heterocycles. The molecule has 1 aromatic heterocycles. The van der Waals surface area contributed by atoms with Crippen molar-refractivity contribution in [1.82, 2.24) is 4.57 Å². The molecule has 2 heteroatoms.